The largest absolute Gasteiger partial charge is 0.380 e. The monoisotopic (exact) mass is 300 g/mol. The van der Waals surface area contributed by atoms with Gasteiger partial charge in [0.05, 0.1) is 12.3 Å². The summed E-state index contributed by atoms with van der Waals surface area (Å²) in [7, 11) is 0. The summed E-state index contributed by atoms with van der Waals surface area (Å²) in [4.78, 5) is 4.34. The normalized spacial score (nSPS) is 13.0. The van der Waals surface area contributed by atoms with Gasteiger partial charge < -0.3 is 10.1 Å². The number of aromatic nitrogens is 1. The number of pyridine rings is 1. The third-order valence-corrected chi connectivity index (χ3v) is 3.11. The fourth-order valence-electron chi connectivity index (χ4n) is 1.48. The maximum absolute atomic E-state index is 5.47. The molecule has 0 aliphatic rings. The van der Waals surface area contributed by atoms with Crippen LogP contribution in [0.15, 0.2) is 22.8 Å². The first kappa shape index (κ1) is 14.6. The lowest BCUT2D eigenvalue weighted by Gasteiger charge is -2.22. The summed E-state index contributed by atoms with van der Waals surface area (Å²) in [6, 6.07) is 4.41. The van der Waals surface area contributed by atoms with Crippen LogP contribution in [0.3, 0.4) is 0 Å². The predicted molar refractivity (Wildman–Crippen MR) is 73.9 cm³/mol. The molecule has 0 fully saturated rings. The van der Waals surface area contributed by atoms with Crippen LogP contribution in [0.25, 0.3) is 0 Å². The van der Waals surface area contributed by atoms with Crippen molar-refractivity contribution in [1.82, 2.24) is 10.3 Å². The van der Waals surface area contributed by atoms with Crippen LogP contribution in [-0.2, 0) is 11.3 Å². The van der Waals surface area contributed by atoms with E-state index >= 15 is 0 Å². The summed E-state index contributed by atoms with van der Waals surface area (Å²) >= 11 is 3.38. The van der Waals surface area contributed by atoms with Gasteiger partial charge in [-0.15, -0.1) is 0 Å². The standard InChI is InChI=1S/C13H21BrN2O/c1-4-17-9-13(10(2)3)16-8-12-6-5-11(14)7-15-12/h5-7,10,13,16H,4,8-9H2,1-3H3. The Morgan fingerprint density at radius 2 is 2.18 bits per heavy atom. The molecule has 0 saturated heterocycles. The second kappa shape index (κ2) is 7.80. The highest BCUT2D eigenvalue weighted by Gasteiger charge is 2.12. The molecule has 0 aliphatic carbocycles. The second-order valence-electron chi connectivity index (χ2n) is 4.36. The molecule has 3 nitrogen and oxygen atoms in total. The molecule has 0 amide bonds. The van der Waals surface area contributed by atoms with Gasteiger partial charge in [0.2, 0.25) is 0 Å². The number of hydrogen-bond donors (Lipinski definition) is 1. The van der Waals surface area contributed by atoms with Gasteiger partial charge in [-0.25, -0.2) is 0 Å². The third-order valence-electron chi connectivity index (χ3n) is 2.64. The van der Waals surface area contributed by atoms with E-state index in [1.54, 1.807) is 0 Å². The molecule has 1 rings (SSSR count). The molecule has 0 aliphatic heterocycles. The highest BCUT2D eigenvalue weighted by Crippen LogP contribution is 2.08. The van der Waals surface area contributed by atoms with Gasteiger partial charge in [0, 0.05) is 29.9 Å². The predicted octanol–water partition coefficient (Wildman–Crippen LogP) is 2.99. The minimum atomic E-state index is 0.375. The summed E-state index contributed by atoms with van der Waals surface area (Å²) in [6.07, 6.45) is 1.82. The Hall–Kier alpha value is -0.450. The van der Waals surface area contributed by atoms with Gasteiger partial charge in [-0.05, 0) is 40.9 Å². The molecule has 0 spiro atoms. The number of hydrogen-bond acceptors (Lipinski definition) is 3. The van der Waals surface area contributed by atoms with Gasteiger partial charge in [0.25, 0.3) is 0 Å². The maximum Gasteiger partial charge on any atom is 0.0622 e. The highest BCUT2D eigenvalue weighted by molar-refractivity contribution is 9.10. The molecule has 1 unspecified atom stereocenters. The van der Waals surface area contributed by atoms with Crippen molar-refractivity contribution >= 4 is 15.9 Å². The van der Waals surface area contributed by atoms with E-state index in [4.69, 9.17) is 4.74 Å². The van der Waals surface area contributed by atoms with E-state index in [1.165, 1.54) is 0 Å². The van der Waals surface area contributed by atoms with Crippen molar-refractivity contribution in [2.45, 2.75) is 33.4 Å². The van der Waals surface area contributed by atoms with Crippen molar-refractivity contribution in [3.8, 4) is 0 Å². The van der Waals surface area contributed by atoms with E-state index in [-0.39, 0.29) is 0 Å². The molecular formula is C13H21BrN2O. The first-order valence-electron chi connectivity index (χ1n) is 6.05. The molecule has 1 N–H and O–H groups in total. The molecule has 1 aromatic rings. The lowest BCUT2D eigenvalue weighted by molar-refractivity contribution is 0.107. The quantitative estimate of drug-likeness (QED) is 0.840. The molecule has 1 aromatic heterocycles. The van der Waals surface area contributed by atoms with Gasteiger partial charge >= 0.3 is 0 Å². The van der Waals surface area contributed by atoms with Crippen LogP contribution in [0.5, 0.6) is 0 Å². The Balaban J connectivity index is 2.43. The smallest absolute Gasteiger partial charge is 0.0622 e. The van der Waals surface area contributed by atoms with Crippen molar-refractivity contribution < 1.29 is 4.74 Å². The summed E-state index contributed by atoms with van der Waals surface area (Å²) in [6.45, 7) is 8.72. The molecule has 1 atom stereocenters. The molecule has 1 heterocycles. The fourth-order valence-corrected chi connectivity index (χ4v) is 1.71. The zero-order valence-electron chi connectivity index (χ0n) is 10.7. The van der Waals surface area contributed by atoms with Gasteiger partial charge in [0.1, 0.15) is 0 Å². The topological polar surface area (TPSA) is 34.1 Å². The first-order chi connectivity index (χ1) is 8.13. The van der Waals surface area contributed by atoms with E-state index < -0.39 is 0 Å². The Bertz CT molecular complexity index is 314. The zero-order valence-corrected chi connectivity index (χ0v) is 12.3. The number of rotatable bonds is 7. The minimum absolute atomic E-state index is 0.375. The Morgan fingerprint density at radius 1 is 1.41 bits per heavy atom. The van der Waals surface area contributed by atoms with E-state index in [1.807, 2.05) is 25.3 Å². The van der Waals surface area contributed by atoms with Crippen LogP contribution in [0.2, 0.25) is 0 Å². The van der Waals surface area contributed by atoms with Crippen molar-refractivity contribution in [1.29, 1.82) is 0 Å². The summed E-state index contributed by atoms with van der Waals surface area (Å²) in [5.41, 5.74) is 1.05. The number of ether oxygens (including phenoxy) is 1. The molecule has 0 aromatic carbocycles. The number of halogens is 1. The van der Waals surface area contributed by atoms with Crippen LogP contribution in [0.4, 0.5) is 0 Å². The van der Waals surface area contributed by atoms with E-state index in [9.17, 15) is 0 Å². The van der Waals surface area contributed by atoms with E-state index in [0.29, 0.717) is 12.0 Å². The fraction of sp³-hybridized carbons (Fsp3) is 0.615. The van der Waals surface area contributed by atoms with E-state index in [0.717, 1.165) is 29.9 Å². The minimum Gasteiger partial charge on any atom is -0.380 e. The number of nitrogens with zero attached hydrogens (tertiary/aromatic N) is 1. The summed E-state index contributed by atoms with van der Waals surface area (Å²) in [5.74, 6) is 0.553. The Kier molecular flexibility index (Phi) is 6.70. The molecule has 0 saturated carbocycles. The van der Waals surface area contributed by atoms with Gasteiger partial charge in [-0.1, -0.05) is 13.8 Å². The van der Waals surface area contributed by atoms with Gasteiger partial charge in [0.15, 0.2) is 0 Å². The van der Waals surface area contributed by atoms with Crippen LogP contribution >= 0.6 is 15.9 Å². The van der Waals surface area contributed by atoms with Crippen molar-refractivity contribution in [3.05, 3.63) is 28.5 Å². The lowest BCUT2D eigenvalue weighted by Crippen LogP contribution is -2.37. The Morgan fingerprint density at radius 3 is 2.71 bits per heavy atom. The molecule has 4 heteroatoms. The summed E-state index contributed by atoms with van der Waals surface area (Å²) < 4.78 is 6.48. The highest BCUT2D eigenvalue weighted by atomic mass is 79.9. The summed E-state index contributed by atoms with van der Waals surface area (Å²) in [5, 5.41) is 3.49. The Labute approximate surface area is 112 Å². The average molecular weight is 301 g/mol. The second-order valence-corrected chi connectivity index (χ2v) is 5.27. The number of nitrogens with one attached hydrogen (secondary N) is 1. The van der Waals surface area contributed by atoms with Gasteiger partial charge in [-0.2, -0.15) is 0 Å². The average Bonchev–Trinajstić information content (AvgIpc) is 2.31. The van der Waals surface area contributed by atoms with Crippen LogP contribution in [-0.4, -0.2) is 24.2 Å². The molecule has 0 bridgehead atoms. The van der Waals surface area contributed by atoms with Crippen molar-refractivity contribution in [3.63, 3.8) is 0 Å². The first-order valence-corrected chi connectivity index (χ1v) is 6.84. The van der Waals surface area contributed by atoms with E-state index in [2.05, 4.69) is 40.1 Å². The molecule has 96 valence electrons. The van der Waals surface area contributed by atoms with Crippen LogP contribution in [0, 0.1) is 5.92 Å². The van der Waals surface area contributed by atoms with Crippen LogP contribution < -0.4 is 5.32 Å². The van der Waals surface area contributed by atoms with Crippen molar-refractivity contribution in [2.75, 3.05) is 13.2 Å². The SMILES string of the molecule is CCOCC(NCc1ccc(Br)cn1)C(C)C. The van der Waals surface area contributed by atoms with Gasteiger partial charge in [-0.3, -0.25) is 4.98 Å². The molecule has 0 radical (unpaired) electrons. The lowest BCUT2D eigenvalue weighted by atomic mass is 10.1. The van der Waals surface area contributed by atoms with Crippen molar-refractivity contribution in [2.24, 2.45) is 5.92 Å². The molecule has 17 heavy (non-hydrogen) atoms. The maximum atomic E-state index is 5.47. The third kappa shape index (κ3) is 5.61. The van der Waals surface area contributed by atoms with Crippen LogP contribution in [0.1, 0.15) is 26.5 Å². The molecular weight excluding hydrogens is 280 g/mol. The zero-order chi connectivity index (χ0) is 12.7.